The summed E-state index contributed by atoms with van der Waals surface area (Å²) in [6.45, 7) is 1.85. The molecule has 0 fully saturated rings. The number of hydrogen-bond acceptors (Lipinski definition) is 3. The molecular weight excluding hydrogens is 217 g/mol. The van der Waals surface area contributed by atoms with Gasteiger partial charge < -0.3 is 0 Å². The molecule has 3 nitrogen and oxygen atoms in total. The van der Waals surface area contributed by atoms with E-state index in [0.29, 0.717) is 0 Å². The molecule has 0 radical (unpaired) electrons. The monoisotopic (exact) mass is 227 g/mol. The normalized spacial score (nSPS) is 11.8. The molecule has 84 valence electrons. The van der Waals surface area contributed by atoms with Crippen LogP contribution in [-0.2, 0) is 0 Å². The Morgan fingerprint density at radius 1 is 1.24 bits per heavy atom. The fourth-order valence-corrected chi connectivity index (χ4v) is 1.66. The van der Waals surface area contributed by atoms with Crippen molar-refractivity contribution in [2.75, 3.05) is 0 Å². The third kappa shape index (κ3) is 2.13. The lowest BCUT2D eigenvalue weighted by atomic mass is 9.97. The van der Waals surface area contributed by atoms with Crippen LogP contribution in [0.1, 0.15) is 29.8 Å². The Kier molecular flexibility index (Phi) is 3.10. The summed E-state index contributed by atoms with van der Waals surface area (Å²) in [5, 5.41) is 8.71. The van der Waals surface area contributed by atoms with Crippen molar-refractivity contribution in [2.24, 2.45) is 0 Å². The number of aromatic nitrogens is 2. The quantitative estimate of drug-likeness (QED) is 0.792. The van der Waals surface area contributed by atoms with Crippen molar-refractivity contribution < 1.29 is 4.39 Å². The van der Waals surface area contributed by atoms with Gasteiger partial charge in [0.25, 0.3) is 0 Å². The van der Waals surface area contributed by atoms with Crippen LogP contribution < -0.4 is 0 Å². The summed E-state index contributed by atoms with van der Waals surface area (Å²) in [6, 6.07) is 11.2. The zero-order chi connectivity index (χ0) is 12.3. The van der Waals surface area contributed by atoms with Gasteiger partial charge in [0, 0.05) is 5.92 Å². The largest absolute Gasteiger partial charge is 0.238 e. The summed E-state index contributed by atoms with van der Waals surface area (Å²) in [5.74, 6) is -0.836. The van der Waals surface area contributed by atoms with E-state index in [1.165, 1.54) is 6.33 Å². The maximum atomic E-state index is 13.9. The molecule has 4 heteroatoms. The highest BCUT2D eigenvalue weighted by molar-refractivity contribution is 5.32. The molecule has 1 heterocycles. The number of nitrogens with zero attached hydrogens (tertiary/aromatic N) is 3. The fourth-order valence-electron chi connectivity index (χ4n) is 1.66. The third-order valence-electron chi connectivity index (χ3n) is 2.63. The second-order valence-electron chi connectivity index (χ2n) is 3.67. The van der Waals surface area contributed by atoms with Crippen LogP contribution in [-0.4, -0.2) is 9.97 Å². The van der Waals surface area contributed by atoms with Crippen LogP contribution in [0.3, 0.4) is 0 Å². The Hall–Kier alpha value is -2.28. The van der Waals surface area contributed by atoms with Crippen molar-refractivity contribution >= 4 is 0 Å². The molecule has 0 spiro atoms. The Morgan fingerprint density at radius 3 is 2.59 bits per heavy atom. The van der Waals surface area contributed by atoms with Crippen molar-refractivity contribution in [1.29, 1.82) is 5.26 Å². The first kappa shape index (κ1) is 11.2. The van der Waals surface area contributed by atoms with Gasteiger partial charge in [-0.2, -0.15) is 5.26 Å². The minimum Gasteiger partial charge on any atom is -0.238 e. The molecule has 0 N–H and O–H groups in total. The first-order valence-electron chi connectivity index (χ1n) is 5.19. The van der Waals surface area contributed by atoms with E-state index in [-0.39, 0.29) is 17.3 Å². The van der Waals surface area contributed by atoms with Gasteiger partial charge in [-0.05, 0) is 5.56 Å². The standard InChI is InChI=1S/C13H10FN3/c1-9(10-5-3-2-4-6-10)13-12(14)11(7-15)16-8-17-13/h2-6,8-9H,1H3. The van der Waals surface area contributed by atoms with Crippen LogP contribution in [0.15, 0.2) is 36.7 Å². The van der Waals surface area contributed by atoms with E-state index in [0.717, 1.165) is 5.56 Å². The van der Waals surface area contributed by atoms with E-state index in [4.69, 9.17) is 5.26 Å². The van der Waals surface area contributed by atoms with Crippen LogP contribution in [0.5, 0.6) is 0 Å². The molecule has 0 amide bonds. The van der Waals surface area contributed by atoms with Gasteiger partial charge in [0.05, 0.1) is 5.69 Å². The number of hydrogen-bond donors (Lipinski definition) is 0. The maximum Gasteiger partial charge on any atom is 0.181 e. The molecule has 2 aromatic rings. The zero-order valence-electron chi connectivity index (χ0n) is 9.26. The Morgan fingerprint density at radius 2 is 1.94 bits per heavy atom. The average molecular weight is 227 g/mol. The van der Waals surface area contributed by atoms with Gasteiger partial charge in [0.1, 0.15) is 12.4 Å². The molecule has 0 aliphatic carbocycles. The second-order valence-corrected chi connectivity index (χ2v) is 3.67. The highest BCUT2D eigenvalue weighted by atomic mass is 19.1. The summed E-state index contributed by atoms with van der Waals surface area (Å²) in [4.78, 5) is 7.51. The fraction of sp³-hybridized carbons (Fsp3) is 0.154. The van der Waals surface area contributed by atoms with Crippen molar-refractivity contribution in [3.05, 3.63) is 59.4 Å². The highest BCUT2D eigenvalue weighted by Crippen LogP contribution is 2.24. The first-order valence-corrected chi connectivity index (χ1v) is 5.19. The van der Waals surface area contributed by atoms with E-state index in [2.05, 4.69) is 9.97 Å². The minimum absolute atomic E-state index is 0.203. The summed E-state index contributed by atoms with van der Waals surface area (Å²) in [7, 11) is 0. The molecule has 0 aliphatic rings. The molecule has 0 saturated heterocycles. The third-order valence-corrected chi connectivity index (χ3v) is 2.63. The molecule has 1 aromatic heterocycles. The van der Waals surface area contributed by atoms with Gasteiger partial charge in [0.15, 0.2) is 11.5 Å². The van der Waals surface area contributed by atoms with Gasteiger partial charge in [-0.1, -0.05) is 37.3 Å². The van der Waals surface area contributed by atoms with Gasteiger partial charge in [-0.3, -0.25) is 0 Å². The van der Waals surface area contributed by atoms with Gasteiger partial charge >= 0.3 is 0 Å². The van der Waals surface area contributed by atoms with Crippen molar-refractivity contribution in [3.8, 4) is 6.07 Å². The molecule has 0 aliphatic heterocycles. The predicted molar refractivity (Wildman–Crippen MR) is 60.7 cm³/mol. The van der Waals surface area contributed by atoms with Crippen LogP contribution in [0.4, 0.5) is 4.39 Å². The van der Waals surface area contributed by atoms with Gasteiger partial charge in [0.2, 0.25) is 0 Å². The lowest BCUT2D eigenvalue weighted by molar-refractivity contribution is 0.577. The lowest BCUT2D eigenvalue weighted by Crippen LogP contribution is -2.05. The molecular formula is C13H10FN3. The van der Waals surface area contributed by atoms with Gasteiger partial charge in [-0.25, -0.2) is 14.4 Å². The SMILES string of the molecule is CC(c1ccccc1)c1ncnc(C#N)c1F. The van der Waals surface area contributed by atoms with Crippen LogP contribution >= 0.6 is 0 Å². The van der Waals surface area contributed by atoms with E-state index in [1.54, 1.807) is 6.07 Å². The molecule has 1 atom stereocenters. The Labute approximate surface area is 98.6 Å². The van der Waals surface area contributed by atoms with Crippen LogP contribution in [0, 0.1) is 17.1 Å². The van der Waals surface area contributed by atoms with E-state index in [1.807, 2.05) is 37.3 Å². The minimum atomic E-state index is -0.633. The Bertz CT molecular complexity index is 561. The summed E-state index contributed by atoms with van der Waals surface area (Å²) in [6.07, 6.45) is 1.22. The highest BCUT2D eigenvalue weighted by Gasteiger charge is 2.17. The zero-order valence-corrected chi connectivity index (χ0v) is 9.26. The molecule has 0 bridgehead atoms. The summed E-state index contributed by atoms with van der Waals surface area (Å²) >= 11 is 0. The predicted octanol–water partition coefficient (Wildman–Crippen LogP) is 2.64. The number of rotatable bonds is 2. The summed E-state index contributed by atoms with van der Waals surface area (Å²) in [5.41, 5.74) is 0.995. The van der Waals surface area contributed by atoms with E-state index in [9.17, 15) is 4.39 Å². The van der Waals surface area contributed by atoms with Gasteiger partial charge in [-0.15, -0.1) is 0 Å². The van der Waals surface area contributed by atoms with Crippen molar-refractivity contribution in [1.82, 2.24) is 9.97 Å². The average Bonchev–Trinajstić information content (AvgIpc) is 2.39. The number of halogens is 1. The molecule has 2 rings (SSSR count). The first-order chi connectivity index (χ1) is 8.24. The number of benzene rings is 1. The number of nitriles is 1. The molecule has 1 aromatic carbocycles. The smallest absolute Gasteiger partial charge is 0.181 e. The second kappa shape index (κ2) is 4.71. The molecule has 17 heavy (non-hydrogen) atoms. The van der Waals surface area contributed by atoms with Crippen LogP contribution in [0.2, 0.25) is 0 Å². The van der Waals surface area contributed by atoms with Crippen molar-refractivity contribution in [2.45, 2.75) is 12.8 Å². The van der Waals surface area contributed by atoms with E-state index >= 15 is 0 Å². The maximum absolute atomic E-state index is 13.9. The molecule has 1 unspecified atom stereocenters. The molecule has 0 saturated carbocycles. The van der Waals surface area contributed by atoms with Crippen LogP contribution in [0.25, 0.3) is 0 Å². The Balaban J connectivity index is 2.45. The van der Waals surface area contributed by atoms with Crippen molar-refractivity contribution in [3.63, 3.8) is 0 Å². The van der Waals surface area contributed by atoms with E-state index < -0.39 is 5.82 Å². The summed E-state index contributed by atoms with van der Waals surface area (Å²) < 4.78 is 13.9. The topological polar surface area (TPSA) is 49.6 Å². The lowest BCUT2D eigenvalue weighted by Gasteiger charge is -2.11.